The number of hydrogen-bond donors (Lipinski definition) is 1. The minimum atomic E-state index is -0.279. The van der Waals surface area contributed by atoms with E-state index in [4.69, 9.17) is 10.3 Å². The Hall–Kier alpha value is -2.69. The van der Waals surface area contributed by atoms with Gasteiger partial charge in [0.15, 0.2) is 5.82 Å². The molecule has 0 bridgehead atoms. The summed E-state index contributed by atoms with van der Waals surface area (Å²) in [5, 5.41) is 3.89. The summed E-state index contributed by atoms with van der Waals surface area (Å²) in [4.78, 5) is 4.29. The van der Waals surface area contributed by atoms with Gasteiger partial charge in [-0.2, -0.15) is 4.98 Å². The van der Waals surface area contributed by atoms with E-state index in [1.807, 2.05) is 19.1 Å². The number of aryl methyl sites for hydroxylation is 1. The molecule has 0 spiro atoms. The Morgan fingerprint density at radius 3 is 2.81 bits per heavy atom. The highest BCUT2D eigenvalue weighted by molar-refractivity contribution is 5.71. The van der Waals surface area contributed by atoms with Crippen LogP contribution in [-0.4, -0.2) is 10.1 Å². The van der Waals surface area contributed by atoms with Crippen LogP contribution in [0.25, 0.3) is 11.5 Å². The van der Waals surface area contributed by atoms with Gasteiger partial charge in [0.1, 0.15) is 5.82 Å². The van der Waals surface area contributed by atoms with Crippen molar-refractivity contribution in [2.45, 2.75) is 13.3 Å². The van der Waals surface area contributed by atoms with Gasteiger partial charge in [-0.25, -0.2) is 4.39 Å². The highest BCUT2D eigenvalue weighted by atomic mass is 19.1. The van der Waals surface area contributed by atoms with Crippen molar-refractivity contribution in [3.8, 4) is 11.5 Å². The van der Waals surface area contributed by atoms with Crippen molar-refractivity contribution in [2.24, 2.45) is 0 Å². The molecule has 0 aliphatic heterocycles. The fourth-order valence-electron chi connectivity index (χ4n) is 2.10. The molecular weight excluding hydrogens is 269 g/mol. The SMILES string of the molecule is Cc1ccc(N)c(-c2nc(Cc3ccccc3F)no2)c1. The Balaban J connectivity index is 1.90. The third-order valence-electron chi connectivity index (χ3n) is 3.21. The lowest BCUT2D eigenvalue weighted by atomic mass is 10.1. The predicted molar refractivity (Wildman–Crippen MR) is 78.1 cm³/mol. The van der Waals surface area contributed by atoms with Gasteiger partial charge >= 0.3 is 0 Å². The number of benzene rings is 2. The molecule has 106 valence electrons. The van der Waals surface area contributed by atoms with Crippen LogP contribution < -0.4 is 5.73 Å². The molecule has 0 fully saturated rings. The van der Waals surface area contributed by atoms with Gasteiger partial charge in [-0.1, -0.05) is 35.0 Å². The van der Waals surface area contributed by atoms with Crippen molar-refractivity contribution < 1.29 is 8.91 Å². The van der Waals surface area contributed by atoms with E-state index < -0.39 is 0 Å². The number of rotatable bonds is 3. The van der Waals surface area contributed by atoms with E-state index in [9.17, 15) is 4.39 Å². The summed E-state index contributed by atoms with van der Waals surface area (Å²) in [5.41, 5.74) is 8.77. The van der Waals surface area contributed by atoms with Crippen LogP contribution in [0.2, 0.25) is 0 Å². The Morgan fingerprint density at radius 1 is 1.19 bits per heavy atom. The Morgan fingerprint density at radius 2 is 2.00 bits per heavy atom. The molecule has 0 aliphatic rings. The first-order chi connectivity index (χ1) is 10.1. The lowest BCUT2D eigenvalue weighted by molar-refractivity contribution is 0.423. The second kappa shape index (κ2) is 5.36. The van der Waals surface area contributed by atoms with Crippen LogP contribution >= 0.6 is 0 Å². The van der Waals surface area contributed by atoms with E-state index >= 15 is 0 Å². The topological polar surface area (TPSA) is 64.9 Å². The van der Waals surface area contributed by atoms with Crippen LogP contribution in [0.5, 0.6) is 0 Å². The van der Waals surface area contributed by atoms with E-state index in [1.54, 1.807) is 24.3 Å². The van der Waals surface area contributed by atoms with Crippen LogP contribution in [0.3, 0.4) is 0 Å². The van der Waals surface area contributed by atoms with Gasteiger partial charge < -0.3 is 10.3 Å². The lowest BCUT2D eigenvalue weighted by Crippen LogP contribution is -1.95. The summed E-state index contributed by atoms with van der Waals surface area (Å²) in [6.45, 7) is 1.96. The van der Waals surface area contributed by atoms with Gasteiger partial charge in [-0.3, -0.25) is 0 Å². The molecule has 3 rings (SSSR count). The van der Waals surface area contributed by atoms with Gasteiger partial charge in [0.05, 0.1) is 5.56 Å². The molecule has 0 unspecified atom stereocenters. The third kappa shape index (κ3) is 2.76. The molecule has 0 aliphatic carbocycles. The molecule has 2 aromatic carbocycles. The van der Waals surface area contributed by atoms with Crippen LogP contribution in [-0.2, 0) is 6.42 Å². The molecule has 21 heavy (non-hydrogen) atoms. The predicted octanol–water partition coefficient (Wildman–Crippen LogP) is 3.36. The highest BCUT2D eigenvalue weighted by Gasteiger charge is 2.13. The summed E-state index contributed by atoms with van der Waals surface area (Å²) in [5.74, 6) is 0.498. The molecule has 0 amide bonds. The maximum Gasteiger partial charge on any atom is 0.260 e. The second-order valence-corrected chi connectivity index (χ2v) is 4.87. The average molecular weight is 283 g/mol. The van der Waals surface area contributed by atoms with Crippen LogP contribution in [0, 0.1) is 12.7 Å². The van der Waals surface area contributed by atoms with Crippen LogP contribution in [0.4, 0.5) is 10.1 Å². The zero-order valence-corrected chi connectivity index (χ0v) is 11.5. The number of nitrogens with two attached hydrogens (primary N) is 1. The van der Waals surface area contributed by atoms with Crippen molar-refractivity contribution in [3.05, 3.63) is 65.2 Å². The standard InChI is InChI=1S/C16H14FN3O/c1-10-6-7-14(18)12(8-10)16-19-15(20-21-16)9-11-4-2-3-5-13(11)17/h2-8H,9,18H2,1H3. The number of aromatic nitrogens is 2. The maximum atomic E-state index is 13.6. The molecule has 1 heterocycles. The number of hydrogen-bond acceptors (Lipinski definition) is 4. The first-order valence-electron chi connectivity index (χ1n) is 6.56. The van der Waals surface area contributed by atoms with E-state index in [2.05, 4.69) is 10.1 Å². The number of nitrogens with zero attached hydrogens (tertiary/aromatic N) is 2. The molecule has 3 aromatic rings. The summed E-state index contributed by atoms with van der Waals surface area (Å²) >= 11 is 0. The maximum absolute atomic E-state index is 13.6. The number of anilines is 1. The fourth-order valence-corrected chi connectivity index (χ4v) is 2.10. The molecule has 0 atom stereocenters. The van der Waals surface area contributed by atoms with Crippen LogP contribution in [0.1, 0.15) is 17.0 Å². The monoisotopic (exact) mass is 283 g/mol. The van der Waals surface area contributed by atoms with Gasteiger partial charge in [-0.15, -0.1) is 0 Å². The van der Waals surface area contributed by atoms with E-state index in [1.165, 1.54) is 6.07 Å². The third-order valence-corrected chi connectivity index (χ3v) is 3.21. The zero-order chi connectivity index (χ0) is 14.8. The molecule has 2 N–H and O–H groups in total. The fraction of sp³-hybridized carbons (Fsp3) is 0.125. The van der Waals surface area contributed by atoms with Crippen molar-refractivity contribution in [1.82, 2.24) is 10.1 Å². The van der Waals surface area contributed by atoms with Crippen molar-refractivity contribution in [3.63, 3.8) is 0 Å². The first kappa shape index (κ1) is 13.3. The Bertz CT molecular complexity index is 783. The largest absolute Gasteiger partial charge is 0.398 e. The smallest absolute Gasteiger partial charge is 0.260 e. The molecule has 1 aromatic heterocycles. The Kier molecular flexibility index (Phi) is 3.39. The van der Waals surface area contributed by atoms with Crippen molar-refractivity contribution in [1.29, 1.82) is 0 Å². The van der Waals surface area contributed by atoms with E-state index in [0.717, 1.165) is 5.56 Å². The summed E-state index contributed by atoms with van der Waals surface area (Å²) in [6, 6.07) is 12.1. The average Bonchev–Trinajstić information content (AvgIpc) is 2.92. The van der Waals surface area contributed by atoms with Gasteiger partial charge in [0.25, 0.3) is 5.89 Å². The minimum absolute atomic E-state index is 0.279. The second-order valence-electron chi connectivity index (χ2n) is 4.87. The Labute approximate surface area is 121 Å². The summed E-state index contributed by atoms with van der Waals surface area (Å²) in [6.07, 6.45) is 0.280. The molecule has 0 saturated carbocycles. The van der Waals surface area contributed by atoms with Crippen LogP contribution in [0.15, 0.2) is 47.0 Å². The van der Waals surface area contributed by atoms with E-state index in [0.29, 0.717) is 28.5 Å². The lowest BCUT2D eigenvalue weighted by Gasteiger charge is -2.01. The molecular formula is C16H14FN3O. The molecule has 4 nitrogen and oxygen atoms in total. The first-order valence-corrected chi connectivity index (χ1v) is 6.56. The summed E-state index contributed by atoms with van der Waals surface area (Å²) < 4.78 is 18.9. The number of nitrogen functional groups attached to an aromatic ring is 1. The highest BCUT2D eigenvalue weighted by Crippen LogP contribution is 2.25. The summed E-state index contributed by atoms with van der Waals surface area (Å²) in [7, 11) is 0. The van der Waals surface area contributed by atoms with Gasteiger partial charge in [0, 0.05) is 12.1 Å². The number of halogens is 1. The molecule has 0 radical (unpaired) electrons. The minimum Gasteiger partial charge on any atom is -0.398 e. The molecule has 5 heteroatoms. The quantitative estimate of drug-likeness (QED) is 0.748. The zero-order valence-electron chi connectivity index (χ0n) is 11.5. The van der Waals surface area contributed by atoms with Crippen molar-refractivity contribution in [2.75, 3.05) is 5.73 Å². The van der Waals surface area contributed by atoms with Crippen molar-refractivity contribution >= 4 is 5.69 Å². The van der Waals surface area contributed by atoms with Gasteiger partial charge in [-0.05, 0) is 30.7 Å². The normalized spacial score (nSPS) is 10.8. The van der Waals surface area contributed by atoms with E-state index in [-0.39, 0.29) is 12.2 Å². The molecule has 0 saturated heterocycles. The van der Waals surface area contributed by atoms with Gasteiger partial charge in [0.2, 0.25) is 0 Å².